The lowest BCUT2D eigenvalue weighted by atomic mass is 10.3. The van der Waals surface area contributed by atoms with Crippen LogP contribution in [0.3, 0.4) is 0 Å². The second kappa shape index (κ2) is 11.8. The van der Waals surface area contributed by atoms with E-state index in [4.69, 9.17) is 9.47 Å². The SMILES string of the molecule is CCOc1ccc(NC(=O)CSc2nnc(COc3ccc([N+](=O)[O-])cc3)n2-c2ccccc2)cc1. The summed E-state index contributed by atoms with van der Waals surface area (Å²) in [4.78, 5) is 22.9. The number of nitro groups is 1. The van der Waals surface area contributed by atoms with E-state index in [9.17, 15) is 14.9 Å². The van der Waals surface area contributed by atoms with E-state index < -0.39 is 4.92 Å². The molecule has 36 heavy (non-hydrogen) atoms. The maximum absolute atomic E-state index is 12.5. The quantitative estimate of drug-likeness (QED) is 0.174. The van der Waals surface area contributed by atoms with Gasteiger partial charge in [0.1, 0.15) is 18.1 Å². The molecule has 0 spiro atoms. The van der Waals surface area contributed by atoms with E-state index >= 15 is 0 Å². The molecular formula is C25H23N5O5S. The molecule has 184 valence electrons. The van der Waals surface area contributed by atoms with Crippen LogP contribution in [0, 0.1) is 10.1 Å². The highest BCUT2D eigenvalue weighted by Crippen LogP contribution is 2.24. The van der Waals surface area contributed by atoms with E-state index in [1.807, 2.05) is 41.8 Å². The van der Waals surface area contributed by atoms with Crippen molar-refractivity contribution in [3.05, 3.63) is 94.8 Å². The number of thioether (sulfide) groups is 1. The van der Waals surface area contributed by atoms with E-state index in [-0.39, 0.29) is 24.0 Å². The molecule has 0 fully saturated rings. The predicted octanol–water partition coefficient (Wildman–Crippen LogP) is 4.88. The van der Waals surface area contributed by atoms with Crippen molar-refractivity contribution in [2.24, 2.45) is 0 Å². The monoisotopic (exact) mass is 505 g/mol. The van der Waals surface area contributed by atoms with Crippen LogP contribution in [0.5, 0.6) is 11.5 Å². The van der Waals surface area contributed by atoms with Crippen molar-refractivity contribution in [1.82, 2.24) is 14.8 Å². The van der Waals surface area contributed by atoms with Crippen LogP contribution in [0.25, 0.3) is 5.69 Å². The molecule has 0 atom stereocenters. The summed E-state index contributed by atoms with van der Waals surface area (Å²) in [7, 11) is 0. The van der Waals surface area contributed by atoms with Gasteiger partial charge in [0.15, 0.2) is 11.0 Å². The Morgan fingerprint density at radius 1 is 0.972 bits per heavy atom. The number of carbonyl (C=O) groups is 1. The topological polar surface area (TPSA) is 121 Å². The normalized spacial score (nSPS) is 10.6. The molecule has 1 aromatic heterocycles. The lowest BCUT2D eigenvalue weighted by Gasteiger charge is -2.11. The first-order chi connectivity index (χ1) is 17.5. The van der Waals surface area contributed by atoms with Crippen LogP contribution in [0.15, 0.2) is 84.0 Å². The lowest BCUT2D eigenvalue weighted by molar-refractivity contribution is -0.384. The Kier molecular flexibility index (Phi) is 8.14. The number of carbonyl (C=O) groups excluding carboxylic acids is 1. The molecule has 1 N–H and O–H groups in total. The van der Waals surface area contributed by atoms with Gasteiger partial charge in [-0.05, 0) is 55.5 Å². The van der Waals surface area contributed by atoms with E-state index in [1.165, 1.54) is 36.0 Å². The van der Waals surface area contributed by atoms with Gasteiger partial charge in [0.25, 0.3) is 5.69 Å². The zero-order valence-electron chi connectivity index (χ0n) is 19.4. The molecule has 4 rings (SSSR count). The Balaban J connectivity index is 1.44. The van der Waals surface area contributed by atoms with Gasteiger partial charge in [0.2, 0.25) is 5.91 Å². The molecule has 1 heterocycles. The highest BCUT2D eigenvalue weighted by Gasteiger charge is 2.17. The van der Waals surface area contributed by atoms with E-state index in [1.54, 1.807) is 24.3 Å². The number of hydrogen-bond acceptors (Lipinski definition) is 8. The summed E-state index contributed by atoms with van der Waals surface area (Å²) >= 11 is 1.25. The average molecular weight is 506 g/mol. The van der Waals surface area contributed by atoms with Gasteiger partial charge in [-0.2, -0.15) is 0 Å². The Morgan fingerprint density at radius 2 is 1.64 bits per heavy atom. The first-order valence-electron chi connectivity index (χ1n) is 11.1. The van der Waals surface area contributed by atoms with Gasteiger partial charge in [-0.15, -0.1) is 10.2 Å². The fourth-order valence-electron chi connectivity index (χ4n) is 3.26. The molecule has 10 nitrogen and oxygen atoms in total. The number of benzene rings is 3. The van der Waals surface area contributed by atoms with Crippen molar-refractivity contribution >= 4 is 29.0 Å². The summed E-state index contributed by atoms with van der Waals surface area (Å²) in [6, 6.07) is 22.5. The van der Waals surface area contributed by atoms with Crippen LogP contribution in [0.2, 0.25) is 0 Å². The molecule has 0 bridgehead atoms. The number of rotatable bonds is 11. The van der Waals surface area contributed by atoms with Crippen molar-refractivity contribution in [3.8, 4) is 17.2 Å². The van der Waals surface area contributed by atoms with Crippen molar-refractivity contribution in [1.29, 1.82) is 0 Å². The van der Waals surface area contributed by atoms with Crippen LogP contribution in [0.1, 0.15) is 12.7 Å². The summed E-state index contributed by atoms with van der Waals surface area (Å²) in [6.45, 7) is 2.57. The van der Waals surface area contributed by atoms with Crippen LogP contribution in [0.4, 0.5) is 11.4 Å². The lowest BCUT2D eigenvalue weighted by Crippen LogP contribution is -2.14. The van der Waals surface area contributed by atoms with Crippen molar-refractivity contribution in [3.63, 3.8) is 0 Å². The summed E-state index contributed by atoms with van der Waals surface area (Å²) in [5.74, 6) is 1.67. The van der Waals surface area contributed by atoms with Crippen molar-refractivity contribution in [2.45, 2.75) is 18.7 Å². The fourth-order valence-corrected chi connectivity index (χ4v) is 4.03. The summed E-state index contributed by atoms with van der Waals surface area (Å²) in [5, 5.41) is 22.8. The number of hydrogen-bond donors (Lipinski definition) is 1. The van der Waals surface area contributed by atoms with Gasteiger partial charge in [0, 0.05) is 23.5 Å². The second-order valence-electron chi connectivity index (χ2n) is 7.40. The van der Waals surface area contributed by atoms with Gasteiger partial charge in [-0.1, -0.05) is 30.0 Å². The number of nitrogens with one attached hydrogen (secondary N) is 1. The number of ether oxygens (including phenoxy) is 2. The van der Waals surface area contributed by atoms with E-state index in [0.29, 0.717) is 29.0 Å². The van der Waals surface area contributed by atoms with Crippen LogP contribution < -0.4 is 14.8 Å². The molecule has 0 aliphatic heterocycles. The fraction of sp³-hybridized carbons (Fsp3) is 0.160. The number of aromatic nitrogens is 3. The first kappa shape index (κ1) is 24.7. The minimum Gasteiger partial charge on any atom is -0.494 e. The summed E-state index contributed by atoms with van der Waals surface area (Å²) in [5.41, 5.74) is 1.47. The molecule has 0 aliphatic carbocycles. The Labute approximate surface area is 211 Å². The molecule has 0 radical (unpaired) electrons. The zero-order chi connectivity index (χ0) is 25.3. The molecule has 0 unspecified atom stereocenters. The van der Waals surface area contributed by atoms with Crippen LogP contribution >= 0.6 is 11.8 Å². The van der Waals surface area contributed by atoms with Crippen molar-refractivity contribution < 1.29 is 19.2 Å². The molecule has 0 saturated heterocycles. The van der Waals surface area contributed by atoms with Gasteiger partial charge in [-0.25, -0.2) is 0 Å². The maximum Gasteiger partial charge on any atom is 0.269 e. The standard InChI is InChI=1S/C25H23N5O5S/c1-2-34-21-12-8-18(9-13-21)26-24(31)17-36-25-28-27-23(29(25)19-6-4-3-5-7-19)16-35-22-14-10-20(11-15-22)30(32)33/h3-15H,2,16-17H2,1H3,(H,26,31). The molecule has 0 saturated carbocycles. The van der Waals surface area contributed by atoms with Crippen molar-refractivity contribution in [2.75, 3.05) is 17.7 Å². The highest BCUT2D eigenvalue weighted by atomic mass is 32.2. The minimum atomic E-state index is -0.467. The number of non-ortho nitro benzene ring substituents is 1. The molecule has 0 aliphatic rings. The third-order valence-electron chi connectivity index (χ3n) is 4.91. The largest absolute Gasteiger partial charge is 0.494 e. The number of para-hydroxylation sites is 1. The molecule has 1 amide bonds. The third kappa shape index (κ3) is 6.39. The third-order valence-corrected chi connectivity index (χ3v) is 5.84. The van der Waals surface area contributed by atoms with Gasteiger partial charge < -0.3 is 14.8 Å². The number of nitrogens with zero attached hydrogens (tertiary/aromatic N) is 4. The highest BCUT2D eigenvalue weighted by molar-refractivity contribution is 7.99. The number of amides is 1. The second-order valence-corrected chi connectivity index (χ2v) is 8.35. The Morgan fingerprint density at radius 3 is 2.31 bits per heavy atom. The van der Waals surface area contributed by atoms with Gasteiger partial charge in [0.05, 0.1) is 17.3 Å². The molecule has 4 aromatic rings. The minimum absolute atomic E-state index is 0.0167. The number of nitro benzene ring substituents is 1. The maximum atomic E-state index is 12.5. The predicted molar refractivity (Wildman–Crippen MR) is 136 cm³/mol. The average Bonchev–Trinajstić information content (AvgIpc) is 3.31. The molecular weight excluding hydrogens is 482 g/mol. The Hall–Kier alpha value is -4.38. The van der Waals surface area contributed by atoms with Crippen LogP contribution in [-0.2, 0) is 11.4 Å². The van der Waals surface area contributed by atoms with Gasteiger partial charge in [-0.3, -0.25) is 19.5 Å². The van der Waals surface area contributed by atoms with Crippen LogP contribution in [-0.4, -0.2) is 38.0 Å². The zero-order valence-corrected chi connectivity index (χ0v) is 20.2. The first-order valence-corrected chi connectivity index (χ1v) is 12.0. The Bertz CT molecular complexity index is 1310. The smallest absolute Gasteiger partial charge is 0.269 e. The van der Waals surface area contributed by atoms with Gasteiger partial charge >= 0.3 is 0 Å². The molecule has 11 heteroatoms. The summed E-state index contributed by atoms with van der Waals surface area (Å²) < 4.78 is 13.0. The van der Waals surface area contributed by atoms with E-state index in [2.05, 4.69) is 15.5 Å². The molecule has 3 aromatic carbocycles. The number of anilines is 1. The summed E-state index contributed by atoms with van der Waals surface area (Å²) in [6.07, 6.45) is 0. The van der Waals surface area contributed by atoms with E-state index in [0.717, 1.165) is 11.4 Å².